The van der Waals surface area contributed by atoms with Crippen LogP contribution in [-0.2, 0) is 13.0 Å². The number of likely N-dealkylation sites (N-methyl/N-ethyl adjacent to an activating group) is 1. The molecule has 0 aliphatic rings. The number of hydrogen-bond donors (Lipinski definition) is 2. The lowest BCUT2D eigenvalue weighted by molar-refractivity contribution is 0.287. The number of nitrogens with zero attached hydrogens (tertiary/aromatic N) is 1. The van der Waals surface area contributed by atoms with Crippen molar-refractivity contribution in [2.45, 2.75) is 25.9 Å². The first-order chi connectivity index (χ1) is 11.5. The predicted molar refractivity (Wildman–Crippen MR) is 102 cm³/mol. The van der Waals surface area contributed by atoms with Gasteiger partial charge in [-0.05, 0) is 56.3 Å². The standard InChI is InChI=1S/C20H23ClN2O/c1-4-11-23(3)15(2)12-16-5-8-19(9-6-16)22-14-17-13-18(21)7-10-20(17)24/h1,5-10,13,15,22,24H,11-12,14H2,2-3H3/t15-/m1/s1. The molecule has 0 unspecified atom stereocenters. The molecule has 1 atom stereocenters. The van der Waals surface area contributed by atoms with Gasteiger partial charge in [-0.1, -0.05) is 29.7 Å². The van der Waals surface area contributed by atoms with E-state index in [2.05, 4.69) is 35.2 Å². The van der Waals surface area contributed by atoms with Crippen molar-refractivity contribution in [3.63, 3.8) is 0 Å². The molecule has 0 aliphatic carbocycles. The Morgan fingerprint density at radius 2 is 1.96 bits per heavy atom. The monoisotopic (exact) mass is 342 g/mol. The summed E-state index contributed by atoms with van der Waals surface area (Å²) >= 11 is 5.96. The number of anilines is 1. The van der Waals surface area contributed by atoms with Crippen molar-refractivity contribution in [2.75, 3.05) is 18.9 Å². The van der Waals surface area contributed by atoms with Gasteiger partial charge < -0.3 is 10.4 Å². The molecule has 24 heavy (non-hydrogen) atoms. The van der Waals surface area contributed by atoms with Crippen molar-refractivity contribution in [2.24, 2.45) is 0 Å². The highest BCUT2D eigenvalue weighted by Gasteiger charge is 2.09. The Kier molecular flexibility index (Phi) is 6.54. The number of rotatable bonds is 7. The van der Waals surface area contributed by atoms with E-state index in [-0.39, 0.29) is 5.75 Å². The van der Waals surface area contributed by atoms with Gasteiger partial charge in [0.05, 0.1) is 6.54 Å². The summed E-state index contributed by atoms with van der Waals surface area (Å²) in [5.74, 6) is 2.91. The van der Waals surface area contributed by atoms with Gasteiger partial charge in [0.25, 0.3) is 0 Å². The first-order valence-corrected chi connectivity index (χ1v) is 8.31. The minimum absolute atomic E-state index is 0.244. The highest BCUT2D eigenvalue weighted by Crippen LogP contribution is 2.22. The molecular formula is C20H23ClN2O. The molecule has 0 amide bonds. The van der Waals surface area contributed by atoms with Crippen molar-refractivity contribution >= 4 is 17.3 Å². The smallest absolute Gasteiger partial charge is 0.120 e. The molecule has 0 fully saturated rings. The van der Waals surface area contributed by atoms with E-state index >= 15 is 0 Å². The third kappa shape index (κ3) is 5.19. The van der Waals surface area contributed by atoms with Crippen LogP contribution in [0.25, 0.3) is 0 Å². The van der Waals surface area contributed by atoms with Crippen LogP contribution in [0.1, 0.15) is 18.1 Å². The summed E-state index contributed by atoms with van der Waals surface area (Å²) in [6, 6.07) is 13.8. The number of nitrogens with one attached hydrogen (secondary N) is 1. The van der Waals surface area contributed by atoms with E-state index < -0.39 is 0 Å². The molecule has 2 aromatic carbocycles. The molecule has 0 heterocycles. The molecule has 0 saturated carbocycles. The van der Waals surface area contributed by atoms with Gasteiger partial charge in [-0.3, -0.25) is 4.90 Å². The lowest BCUT2D eigenvalue weighted by atomic mass is 10.1. The predicted octanol–water partition coefficient (Wildman–Crippen LogP) is 4.15. The maximum atomic E-state index is 9.83. The molecule has 4 heteroatoms. The minimum atomic E-state index is 0.244. The van der Waals surface area contributed by atoms with Crippen LogP contribution in [0.2, 0.25) is 5.02 Å². The molecular weight excluding hydrogens is 320 g/mol. The average molecular weight is 343 g/mol. The summed E-state index contributed by atoms with van der Waals surface area (Å²) in [4.78, 5) is 2.16. The van der Waals surface area contributed by atoms with Crippen LogP contribution in [0, 0.1) is 12.3 Å². The maximum Gasteiger partial charge on any atom is 0.120 e. The van der Waals surface area contributed by atoms with E-state index in [1.807, 2.05) is 19.2 Å². The second-order valence-corrected chi connectivity index (χ2v) is 6.43. The fourth-order valence-corrected chi connectivity index (χ4v) is 2.64. The number of terminal acetylenes is 1. The average Bonchev–Trinajstić information content (AvgIpc) is 2.57. The van der Waals surface area contributed by atoms with Gasteiger partial charge in [0.15, 0.2) is 0 Å². The Bertz CT molecular complexity index is 707. The topological polar surface area (TPSA) is 35.5 Å². The Hall–Kier alpha value is -2.15. The zero-order chi connectivity index (χ0) is 17.5. The van der Waals surface area contributed by atoms with Gasteiger partial charge in [-0.2, -0.15) is 0 Å². The quantitative estimate of drug-likeness (QED) is 0.742. The van der Waals surface area contributed by atoms with Crippen LogP contribution < -0.4 is 5.32 Å². The van der Waals surface area contributed by atoms with Crippen molar-refractivity contribution in [1.29, 1.82) is 0 Å². The van der Waals surface area contributed by atoms with Gasteiger partial charge in [0.1, 0.15) is 5.75 Å². The molecule has 2 rings (SSSR count). The highest BCUT2D eigenvalue weighted by molar-refractivity contribution is 6.30. The summed E-state index contributed by atoms with van der Waals surface area (Å²) in [6.07, 6.45) is 6.31. The number of phenols is 1. The lowest BCUT2D eigenvalue weighted by Crippen LogP contribution is -2.31. The Labute approximate surface area is 149 Å². The zero-order valence-electron chi connectivity index (χ0n) is 14.1. The van der Waals surface area contributed by atoms with Crippen LogP contribution in [-0.4, -0.2) is 29.6 Å². The van der Waals surface area contributed by atoms with Crippen LogP contribution >= 0.6 is 11.6 Å². The fraction of sp³-hybridized carbons (Fsp3) is 0.300. The Morgan fingerprint density at radius 1 is 1.25 bits per heavy atom. The molecule has 3 nitrogen and oxygen atoms in total. The summed E-state index contributed by atoms with van der Waals surface area (Å²) in [6.45, 7) is 3.35. The third-order valence-corrected chi connectivity index (χ3v) is 4.34. The number of benzene rings is 2. The van der Waals surface area contributed by atoms with E-state index in [1.165, 1.54) is 5.56 Å². The van der Waals surface area contributed by atoms with E-state index in [1.54, 1.807) is 18.2 Å². The van der Waals surface area contributed by atoms with Crippen LogP contribution in [0.15, 0.2) is 42.5 Å². The molecule has 0 aromatic heterocycles. The van der Waals surface area contributed by atoms with Gasteiger partial charge in [0.2, 0.25) is 0 Å². The highest BCUT2D eigenvalue weighted by atomic mass is 35.5. The van der Waals surface area contributed by atoms with E-state index in [0.717, 1.165) is 17.7 Å². The molecule has 2 N–H and O–H groups in total. The first kappa shape index (κ1) is 18.2. The van der Waals surface area contributed by atoms with Crippen molar-refractivity contribution < 1.29 is 5.11 Å². The molecule has 2 aromatic rings. The van der Waals surface area contributed by atoms with Crippen molar-refractivity contribution in [3.8, 4) is 18.1 Å². The molecule has 0 aliphatic heterocycles. The molecule has 126 valence electrons. The summed E-state index contributed by atoms with van der Waals surface area (Å²) in [5, 5.41) is 13.7. The number of hydrogen-bond acceptors (Lipinski definition) is 3. The van der Waals surface area contributed by atoms with Crippen molar-refractivity contribution in [1.82, 2.24) is 4.90 Å². The Morgan fingerprint density at radius 3 is 2.62 bits per heavy atom. The largest absolute Gasteiger partial charge is 0.508 e. The first-order valence-electron chi connectivity index (χ1n) is 7.93. The second kappa shape index (κ2) is 8.63. The normalized spacial score (nSPS) is 12.0. The Balaban J connectivity index is 1.92. The summed E-state index contributed by atoms with van der Waals surface area (Å²) in [7, 11) is 2.04. The van der Waals surface area contributed by atoms with Crippen LogP contribution in [0.3, 0.4) is 0 Å². The number of aromatic hydroxyl groups is 1. The molecule has 0 bridgehead atoms. The SMILES string of the molecule is C#CCN(C)[C@H](C)Cc1ccc(NCc2cc(Cl)ccc2O)cc1. The minimum Gasteiger partial charge on any atom is -0.508 e. The molecule has 0 spiro atoms. The van der Waals surface area contributed by atoms with E-state index in [4.69, 9.17) is 18.0 Å². The van der Waals surface area contributed by atoms with Crippen LogP contribution in [0.4, 0.5) is 5.69 Å². The van der Waals surface area contributed by atoms with Gasteiger partial charge in [0, 0.05) is 28.9 Å². The van der Waals surface area contributed by atoms with E-state index in [0.29, 0.717) is 24.2 Å². The number of halogens is 1. The molecule has 0 radical (unpaired) electrons. The number of phenolic OH excluding ortho intramolecular Hbond substituents is 1. The third-order valence-electron chi connectivity index (χ3n) is 4.10. The van der Waals surface area contributed by atoms with Crippen molar-refractivity contribution in [3.05, 3.63) is 58.6 Å². The second-order valence-electron chi connectivity index (χ2n) is 6.00. The fourth-order valence-electron chi connectivity index (χ4n) is 2.45. The summed E-state index contributed by atoms with van der Waals surface area (Å²) in [5.41, 5.74) is 3.04. The van der Waals surface area contributed by atoms with E-state index in [9.17, 15) is 5.11 Å². The van der Waals surface area contributed by atoms with Crippen LogP contribution in [0.5, 0.6) is 5.75 Å². The summed E-state index contributed by atoms with van der Waals surface area (Å²) < 4.78 is 0. The van der Waals surface area contributed by atoms with Gasteiger partial charge in [-0.15, -0.1) is 6.42 Å². The maximum absolute atomic E-state index is 9.83. The van der Waals surface area contributed by atoms with Gasteiger partial charge >= 0.3 is 0 Å². The molecule has 0 saturated heterocycles. The van der Waals surface area contributed by atoms with Gasteiger partial charge in [-0.25, -0.2) is 0 Å². The lowest BCUT2D eigenvalue weighted by Gasteiger charge is -2.22. The zero-order valence-corrected chi connectivity index (χ0v) is 14.8.